The Balaban J connectivity index is 1.72. The lowest BCUT2D eigenvalue weighted by molar-refractivity contribution is -0.385. The first-order valence-corrected chi connectivity index (χ1v) is 9.69. The third-order valence-corrected chi connectivity index (χ3v) is 4.68. The molecule has 6 heteroatoms. The lowest BCUT2D eigenvalue weighted by Crippen LogP contribution is -2.02. The summed E-state index contributed by atoms with van der Waals surface area (Å²) in [5, 5.41) is 11.0. The van der Waals surface area contributed by atoms with Crippen molar-refractivity contribution in [1.29, 1.82) is 0 Å². The topological polar surface area (TPSA) is 82.0 Å². The Morgan fingerprint density at radius 3 is 2.35 bits per heavy atom. The third-order valence-electron chi connectivity index (χ3n) is 4.68. The van der Waals surface area contributed by atoms with Crippen molar-refractivity contribution >= 4 is 12.0 Å². The fourth-order valence-electron chi connectivity index (χ4n) is 3.08. The number of hydrogen-bond donors (Lipinski definition) is 0. The zero-order valence-electron chi connectivity index (χ0n) is 15.5. The first-order valence-electron chi connectivity index (χ1n) is 9.69. The van der Waals surface area contributed by atoms with Gasteiger partial charge in [-0.25, -0.2) is 0 Å². The third kappa shape index (κ3) is 6.41. The molecule has 0 bridgehead atoms. The molecule has 0 N–H and O–H groups in total. The molecular formula is C20H29NO5. The van der Waals surface area contributed by atoms with Crippen molar-refractivity contribution in [2.24, 2.45) is 0 Å². The standard InChI is InChI=1S/C20H29NO5/c1-2-3-4-5-6-7-8-9-10-13-25-18-12-11-16(21(23)24)14-17(18)20-19(15-22)26-20/h11-12,14-15,19-20H,2-10,13H2,1H3. The number of unbranched alkanes of at least 4 members (excludes halogenated alkanes) is 8. The number of rotatable bonds is 14. The molecule has 1 aliphatic heterocycles. The van der Waals surface area contributed by atoms with Crippen molar-refractivity contribution in [3.63, 3.8) is 0 Å². The van der Waals surface area contributed by atoms with E-state index in [1.54, 1.807) is 6.07 Å². The quantitative estimate of drug-likeness (QED) is 0.150. The molecule has 0 radical (unpaired) electrons. The average Bonchev–Trinajstić information content (AvgIpc) is 3.43. The number of ether oxygens (including phenoxy) is 2. The SMILES string of the molecule is CCCCCCCCCCCOc1ccc([N+](=O)[O-])cc1C1OC1C=O. The number of carbonyl (C=O) groups excluding carboxylic acids is 1. The normalized spacial score (nSPS) is 18.5. The van der Waals surface area contributed by atoms with E-state index in [2.05, 4.69) is 6.92 Å². The first-order chi connectivity index (χ1) is 12.7. The van der Waals surface area contributed by atoms with Crippen LogP contribution in [0.1, 0.15) is 76.4 Å². The lowest BCUT2D eigenvalue weighted by Gasteiger charge is -2.10. The van der Waals surface area contributed by atoms with Gasteiger partial charge in [0.2, 0.25) is 0 Å². The molecule has 144 valence electrons. The minimum Gasteiger partial charge on any atom is -0.493 e. The summed E-state index contributed by atoms with van der Waals surface area (Å²) in [6.45, 7) is 2.80. The molecule has 1 saturated heterocycles. The van der Waals surface area contributed by atoms with E-state index in [0.29, 0.717) is 24.2 Å². The summed E-state index contributed by atoms with van der Waals surface area (Å²) in [6.07, 6.45) is 10.9. The molecule has 1 heterocycles. The van der Waals surface area contributed by atoms with Gasteiger partial charge in [-0.3, -0.25) is 10.1 Å². The van der Waals surface area contributed by atoms with Crippen LogP contribution in [0, 0.1) is 10.1 Å². The minimum absolute atomic E-state index is 0.0180. The van der Waals surface area contributed by atoms with Crippen LogP contribution in [0.25, 0.3) is 0 Å². The summed E-state index contributed by atoms with van der Waals surface area (Å²) in [7, 11) is 0. The van der Waals surface area contributed by atoms with E-state index >= 15 is 0 Å². The Bertz CT molecular complexity index is 590. The highest BCUT2D eigenvalue weighted by Crippen LogP contribution is 2.43. The van der Waals surface area contributed by atoms with Crippen LogP contribution in [0.4, 0.5) is 5.69 Å². The van der Waals surface area contributed by atoms with Crippen molar-refractivity contribution in [3.8, 4) is 5.75 Å². The van der Waals surface area contributed by atoms with E-state index in [9.17, 15) is 14.9 Å². The smallest absolute Gasteiger partial charge is 0.270 e. The molecule has 6 nitrogen and oxygen atoms in total. The Kier molecular flexibility index (Phi) is 8.54. The number of carbonyl (C=O) groups is 1. The minimum atomic E-state index is -0.521. The van der Waals surface area contributed by atoms with Crippen LogP contribution in [-0.2, 0) is 9.53 Å². The predicted molar refractivity (Wildman–Crippen MR) is 99.5 cm³/mol. The largest absolute Gasteiger partial charge is 0.493 e. The zero-order chi connectivity index (χ0) is 18.8. The van der Waals surface area contributed by atoms with Gasteiger partial charge in [0, 0.05) is 17.7 Å². The van der Waals surface area contributed by atoms with Gasteiger partial charge in [-0.05, 0) is 12.5 Å². The van der Waals surface area contributed by atoms with E-state index in [-0.39, 0.29) is 5.69 Å². The van der Waals surface area contributed by atoms with Gasteiger partial charge >= 0.3 is 0 Å². The number of aldehydes is 1. The van der Waals surface area contributed by atoms with Crippen LogP contribution in [0.5, 0.6) is 5.75 Å². The number of nitrogens with zero attached hydrogens (tertiary/aromatic N) is 1. The highest BCUT2D eigenvalue weighted by Gasteiger charge is 2.42. The highest BCUT2D eigenvalue weighted by molar-refractivity contribution is 5.63. The second-order valence-electron chi connectivity index (χ2n) is 6.81. The van der Waals surface area contributed by atoms with E-state index < -0.39 is 17.1 Å². The monoisotopic (exact) mass is 363 g/mol. The molecule has 26 heavy (non-hydrogen) atoms. The molecule has 0 spiro atoms. The Labute approximate surface area is 155 Å². The van der Waals surface area contributed by atoms with Gasteiger partial charge in [-0.15, -0.1) is 0 Å². The van der Waals surface area contributed by atoms with Gasteiger partial charge in [0.1, 0.15) is 18.0 Å². The van der Waals surface area contributed by atoms with E-state index in [1.807, 2.05) is 0 Å². The van der Waals surface area contributed by atoms with Gasteiger partial charge in [-0.1, -0.05) is 58.3 Å². The van der Waals surface area contributed by atoms with Crippen molar-refractivity contribution in [1.82, 2.24) is 0 Å². The van der Waals surface area contributed by atoms with Gasteiger partial charge in [-0.2, -0.15) is 0 Å². The molecule has 1 fully saturated rings. The molecule has 2 atom stereocenters. The van der Waals surface area contributed by atoms with Crippen molar-refractivity contribution in [3.05, 3.63) is 33.9 Å². The lowest BCUT2D eigenvalue weighted by atomic mass is 10.1. The van der Waals surface area contributed by atoms with Crippen LogP contribution in [-0.4, -0.2) is 23.9 Å². The van der Waals surface area contributed by atoms with E-state index in [0.717, 1.165) is 12.8 Å². The van der Waals surface area contributed by atoms with E-state index in [4.69, 9.17) is 9.47 Å². The van der Waals surface area contributed by atoms with Crippen LogP contribution >= 0.6 is 0 Å². The zero-order valence-corrected chi connectivity index (χ0v) is 15.5. The maximum absolute atomic E-state index is 11.0. The first kappa shape index (κ1) is 20.4. The molecule has 0 saturated carbocycles. The van der Waals surface area contributed by atoms with Crippen LogP contribution in [0.3, 0.4) is 0 Å². The van der Waals surface area contributed by atoms with Crippen LogP contribution in [0.2, 0.25) is 0 Å². The number of epoxide rings is 1. The molecule has 1 aromatic rings. The molecule has 2 rings (SSSR count). The maximum Gasteiger partial charge on any atom is 0.270 e. The number of nitro benzene ring substituents is 1. The molecule has 1 aliphatic rings. The summed E-state index contributed by atoms with van der Waals surface area (Å²) in [6, 6.07) is 4.47. The second kappa shape index (κ2) is 10.9. The fraction of sp³-hybridized carbons (Fsp3) is 0.650. The molecule has 0 amide bonds. The number of benzene rings is 1. The summed E-state index contributed by atoms with van der Waals surface area (Å²) >= 11 is 0. The van der Waals surface area contributed by atoms with Gasteiger partial charge < -0.3 is 14.3 Å². The molecular weight excluding hydrogens is 334 g/mol. The summed E-state index contributed by atoms with van der Waals surface area (Å²) in [4.78, 5) is 21.3. The number of non-ortho nitro benzene ring substituents is 1. The second-order valence-corrected chi connectivity index (χ2v) is 6.81. The van der Waals surface area contributed by atoms with Crippen molar-refractivity contribution in [2.45, 2.75) is 76.9 Å². The summed E-state index contributed by atoms with van der Waals surface area (Å²) in [5.41, 5.74) is 0.572. The van der Waals surface area contributed by atoms with Gasteiger partial charge in [0.15, 0.2) is 6.29 Å². The molecule has 2 unspecified atom stereocenters. The van der Waals surface area contributed by atoms with Gasteiger partial charge in [0.05, 0.1) is 11.5 Å². The van der Waals surface area contributed by atoms with Gasteiger partial charge in [0.25, 0.3) is 5.69 Å². The van der Waals surface area contributed by atoms with E-state index in [1.165, 1.54) is 57.1 Å². The van der Waals surface area contributed by atoms with Crippen LogP contribution in [0.15, 0.2) is 18.2 Å². The molecule has 1 aromatic carbocycles. The Morgan fingerprint density at radius 1 is 1.12 bits per heavy atom. The van der Waals surface area contributed by atoms with Crippen molar-refractivity contribution in [2.75, 3.05) is 6.61 Å². The van der Waals surface area contributed by atoms with Crippen molar-refractivity contribution < 1.29 is 19.2 Å². The molecule has 0 aromatic heterocycles. The average molecular weight is 363 g/mol. The number of nitro groups is 1. The van der Waals surface area contributed by atoms with Crippen LogP contribution < -0.4 is 4.74 Å². The Hall–Kier alpha value is -1.95. The molecule has 0 aliphatic carbocycles. The summed E-state index contributed by atoms with van der Waals surface area (Å²) < 4.78 is 11.1. The highest BCUT2D eigenvalue weighted by atomic mass is 16.6. The number of hydrogen-bond acceptors (Lipinski definition) is 5. The predicted octanol–water partition coefficient (Wildman–Crippen LogP) is 5.14. The maximum atomic E-state index is 11.0. The Morgan fingerprint density at radius 2 is 1.77 bits per heavy atom. The fourth-order valence-corrected chi connectivity index (χ4v) is 3.08. The summed E-state index contributed by atoms with van der Waals surface area (Å²) in [5.74, 6) is 0.574.